The average molecular weight is 435 g/mol. The summed E-state index contributed by atoms with van der Waals surface area (Å²) < 4.78 is 0. The molecule has 0 aliphatic rings. The Hall–Kier alpha value is 3.39. The van der Waals surface area contributed by atoms with Gasteiger partial charge in [0.1, 0.15) is 0 Å². The van der Waals surface area contributed by atoms with Gasteiger partial charge in [0.15, 0.2) is 0 Å². The molecule has 0 aliphatic carbocycles. The Morgan fingerprint density at radius 3 is 0.375 bits per heavy atom. The summed E-state index contributed by atoms with van der Waals surface area (Å²) in [4.78, 5) is 0. The second kappa shape index (κ2) is 79.7. The summed E-state index contributed by atoms with van der Waals surface area (Å²) in [6.45, 7) is 0. The van der Waals surface area contributed by atoms with Gasteiger partial charge in [-0.1, -0.05) is 0 Å². The molecular formula is H7Cl6IrNa. The zero-order chi connectivity index (χ0) is 0. The molecule has 0 aliphatic heterocycles. The third-order valence-electron chi connectivity index (χ3n) is 0. The number of rotatable bonds is 0. The van der Waals surface area contributed by atoms with Gasteiger partial charge >= 0.3 is 29.6 Å². The van der Waals surface area contributed by atoms with E-state index in [1.54, 1.807) is 0 Å². The van der Waals surface area contributed by atoms with E-state index in [2.05, 4.69) is 0 Å². The first-order valence-corrected chi connectivity index (χ1v) is 0. The van der Waals surface area contributed by atoms with Crippen LogP contribution in [0.4, 0.5) is 0 Å². The SMILES string of the molecule is Cl.Cl.Cl.Cl.Cl.Cl.[Ir].[NaH]. The third kappa shape index (κ3) is 57.5. The van der Waals surface area contributed by atoms with Gasteiger partial charge in [-0.15, -0.1) is 74.4 Å². The fraction of sp³-hybridized carbons (Fsp3) is 0. The van der Waals surface area contributed by atoms with E-state index in [1.165, 1.54) is 0 Å². The number of hydrogen-bond donors (Lipinski definition) is 0. The van der Waals surface area contributed by atoms with Crippen molar-refractivity contribution in [2.45, 2.75) is 0 Å². The van der Waals surface area contributed by atoms with Gasteiger partial charge in [0.2, 0.25) is 0 Å². The van der Waals surface area contributed by atoms with Crippen molar-refractivity contribution in [1.82, 2.24) is 0 Å². The van der Waals surface area contributed by atoms with Crippen molar-refractivity contribution >= 4 is 104 Å². The fourth-order valence-corrected chi connectivity index (χ4v) is 0. The maximum absolute atomic E-state index is 0. The van der Waals surface area contributed by atoms with Crippen LogP contribution in [0.2, 0.25) is 0 Å². The Labute approximate surface area is 122 Å². The van der Waals surface area contributed by atoms with Crippen LogP contribution in [0, 0.1) is 0 Å². The predicted octanol–water partition coefficient (Wildman–Crippen LogP) is 1.88. The Balaban J connectivity index is 0. The summed E-state index contributed by atoms with van der Waals surface area (Å²) in [7, 11) is 0. The summed E-state index contributed by atoms with van der Waals surface area (Å²) >= 11 is 0. The molecule has 0 fully saturated rings. The molecule has 0 saturated heterocycles. The van der Waals surface area contributed by atoms with E-state index in [1.807, 2.05) is 0 Å². The zero-order valence-corrected chi connectivity index (χ0v) is 10.1. The topological polar surface area (TPSA) is 0 Å². The second-order valence-electron chi connectivity index (χ2n) is 0. The van der Waals surface area contributed by atoms with E-state index in [4.69, 9.17) is 0 Å². The zero-order valence-electron chi connectivity index (χ0n) is 2.78. The van der Waals surface area contributed by atoms with E-state index < -0.39 is 0 Å². The van der Waals surface area contributed by atoms with Crippen molar-refractivity contribution in [1.29, 1.82) is 0 Å². The first-order chi connectivity index (χ1) is 0. The molecule has 0 N–H and O–H groups in total. The molecule has 0 nitrogen and oxygen atoms in total. The Morgan fingerprint density at radius 2 is 0.375 bits per heavy atom. The van der Waals surface area contributed by atoms with Crippen LogP contribution in [0.25, 0.3) is 0 Å². The van der Waals surface area contributed by atoms with E-state index in [9.17, 15) is 0 Å². The summed E-state index contributed by atoms with van der Waals surface area (Å²) in [5.74, 6) is 0. The van der Waals surface area contributed by atoms with Gasteiger partial charge in [0.25, 0.3) is 0 Å². The monoisotopic (exact) mass is 433 g/mol. The molecule has 0 atom stereocenters. The maximum atomic E-state index is 0. The molecule has 0 aromatic carbocycles. The molecule has 0 bridgehead atoms. The molecule has 0 amide bonds. The van der Waals surface area contributed by atoms with Crippen LogP contribution in [0.15, 0.2) is 0 Å². The third-order valence-corrected chi connectivity index (χ3v) is 0. The first kappa shape index (κ1) is 107. The van der Waals surface area contributed by atoms with Gasteiger partial charge in [0.05, 0.1) is 0 Å². The van der Waals surface area contributed by atoms with E-state index in [0.717, 1.165) is 0 Å². The fourth-order valence-electron chi connectivity index (χ4n) is 0. The Bertz CT molecular complexity index is 8.49. The van der Waals surface area contributed by atoms with Crippen LogP contribution in [-0.2, 0) is 20.1 Å². The van der Waals surface area contributed by atoms with Gasteiger partial charge in [-0.25, -0.2) is 0 Å². The van der Waals surface area contributed by atoms with Crippen LogP contribution < -0.4 is 0 Å². The van der Waals surface area contributed by atoms with Crippen molar-refractivity contribution in [2.75, 3.05) is 0 Å². The summed E-state index contributed by atoms with van der Waals surface area (Å²) in [5, 5.41) is 0. The summed E-state index contributed by atoms with van der Waals surface area (Å²) in [5.41, 5.74) is 0. The second-order valence-corrected chi connectivity index (χ2v) is 0. The quantitative estimate of drug-likeness (QED) is 0.511. The van der Waals surface area contributed by atoms with E-state index in [-0.39, 0.29) is 124 Å². The van der Waals surface area contributed by atoms with Crippen LogP contribution in [0.5, 0.6) is 0 Å². The molecule has 0 aromatic rings. The van der Waals surface area contributed by atoms with Crippen LogP contribution in [0.1, 0.15) is 0 Å². The molecule has 0 heterocycles. The molecule has 0 spiro atoms. The van der Waals surface area contributed by atoms with Gasteiger partial charge < -0.3 is 0 Å². The average Bonchev–Trinajstić information content (AvgIpc) is 0. The van der Waals surface area contributed by atoms with E-state index in [0.29, 0.717) is 0 Å². The minimum absolute atomic E-state index is 0. The molecule has 8 heavy (non-hydrogen) atoms. The van der Waals surface area contributed by atoms with Gasteiger partial charge in [-0.2, -0.15) is 0 Å². The van der Waals surface area contributed by atoms with Crippen LogP contribution in [-0.4, -0.2) is 29.6 Å². The molecule has 0 unspecified atom stereocenters. The molecule has 8 heteroatoms. The van der Waals surface area contributed by atoms with Gasteiger partial charge in [0, 0.05) is 20.1 Å². The van der Waals surface area contributed by atoms with Crippen molar-refractivity contribution in [2.24, 2.45) is 0 Å². The molecule has 0 saturated carbocycles. The van der Waals surface area contributed by atoms with Crippen molar-refractivity contribution in [3.05, 3.63) is 0 Å². The molecule has 59 valence electrons. The van der Waals surface area contributed by atoms with Crippen LogP contribution >= 0.6 is 74.4 Å². The predicted molar refractivity (Wildman–Crippen MR) is 50.6 cm³/mol. The van der Waals surface area contributed by atoms with Crippen LogP contribution in [0.3, 0.4) is 0 Å². The summed E-state index contributed by atoms with van der Waals surface area (Å²) in [6.07, 6.45) is 0. The summed E-state index contributed by atoms with van der Waals surface area (Å²) in [6, 6.07) is 0. The molecule has 1 radical (unpaired) electrons. The van der Waals surface area contributed by atoms with Crippen molar-refractivity contribution < 1.29 is 20.1 Å². The normalized spacial score (nSPS) is 0. The van der Waals surface area contributed by atoms with Gasteiger partial charge in [-0.05, 0) is 0 Å². The minimum atomic E-state index is 0. The first-order valence-electron chi connectivity index (χ1n) is 0. The van der Waals surface area contributed by atoms with Crippen molar-refractivity contribution in [3.63, 3.8) is 0 Å². The Morgan fingerprint density at radius 1 is 0.375 bits per heavy atom. The van der Waals surface area contributed by atoms with Gasteiger partial charge in [-0.3, -0.25) is 0 Å². The van der Waals surface area contributed by atoms with E-state index >= 15 is 0 Å². The standard InChI is InChI=1S/6ClH.Ir.Na.H/h6*1H;;;. The number of halogens is 6. The molecule has 0 aromatic heterocycles. The molecule has 0 rings (SSSR count). The van der Waals surface area contributed by atoms with Crippen molar-refractivity contribution in [3.8, 4) is 0 Å². The number of hydrogen-bond acceptors (Lipinski definition) is 0. The molecular weight excluding hydrogens is 428 g/mol. The Kier molecular flexibility index (Phi) is 1070.